The van der Waals surface area contributed by atoms with Gasteiger partial charge in [-0.3, -0.25) is 4.79 Å². The van der Waals surface area contributed by atoms with Gasteiger partial charge in [0.25, 0.3) is 0 Å². The van der Waals surface area contributed by atoms with E-state index in [1.165, 1.54) is 12.8 Å². The summed E-state index contributed by atoms with van der Waals surface area (Å²) in [6, 6.07) is 0. The van der Waals surface area contributed by atoms with Crippen LogP contribution in [0.2, 0.25) is 0 Å². The molecule has 0 amide bonds. The lowest BCUT2D eigenvalue weighted by molar-refractivity contribution is -0.126. The van der Waals surface area contributed by atoms with E-state index >= 15 is 0 Å². The zero-order valence-corrected chi connectivity index (χ0v) is 11.9. The lowest BCUT2D eigenvalue weighted by atomic mass is 9.81. The van der Waals surface area contributed by atoms with Crippen molar-refractivity contribution in [2.24, 2.45) is 17.8 Å². The second-order valence-corrected chi connectivity index (χ2v) is 6.35. The molecule has 3 unspecified atom stereocenters. The summed E-state index contributed by atoms with van der Waals surface area (Å²) in [7, 11) is 2.15. The van der Waals surface area contributed by atoms with Gasteiger partial charge < -0.3 is 9.64 Å². The minimum Gasteiger partial charge on any atom is -0.381 e. The Kier molecular flexibility index (Phi) is 5.19. The van der Waals surface area contributed by atoms with Crippen molar-refractivity contribution in [1.29, 1.82) is 0 Å². The molecule has 3 heteroatoms. The van der Waals surface area contributed by atoms with E-state index in [2.05, 4.69) is 18.9 Å². The molecule has 2 rings (SSSR count). The first-order valence-electron chi connectivity index (χ1n) is 7.44. The lowest BCUT2D eigenvalue weighted by Crippen LogP contribution is -2.38. The molecule has 0 N–H and O–H groups in total. The van der Waals surface area contributed by atoms with Crippen molar-refractivity contribution >= 4 is 5.78 Å². The Bertz CT molecular complexity index is 274. The summed E-state index contributed by atoms with van der Waals surface area (Å²) < 4.78 is 5.52. The van der Waals surface area contributed by atoms with Crippen molar-refractivity contribution in [3.05, 3.63) is 0 Å². The van der Waals surface area contributed by atoms with Crippen LogP contribution in [0.25, 0.3) is 0 Å². The summed E-state index contributed by atoms with van der Waals surface area (Å²) >= 11 is 0. The van der Waals surface area contributed by atoms with Gasteiger partial charge in [0.15, 0.2) is 0 Å². The first-order chi connectivity index (χ1) is 8.65. The van der Waals surface area contributed by atoms with E-state index in [1.807, 2.05) is 0 Å². The first kappa shape index (κ1) is 14.0. The van der Waals surface area contributed by atoms with E-state index in [4.69, 9.17) is 4.74 Å². The molecule has 104 valence electrons. The topological polar surface area (TPSA) is 29.5 Å². The molecule has 0 spiro atoms. The number of nitrogens with zero attached hydrogens (tertiary/aromatic N) is 1. The maximum atomic E-state index is 11.9. The lowest BCUT2D eigenvalue weighted by Gasteiger charge is -2.32. The smallest absolute Gasteiger partial charge is 0.137 e. The van der Waals surface area contributed by atoms with Gasteiger partial charge in [0.1, 0.15) is 5.78 Å². The van der Waals surface area contributed by atoms with Crippen molar-refractivity contribution in [3.63, 3.8) is 0 Å². The molecule has 3 atom stereocenters. The summed E-state index contributed by atoms with van der Waals surface area (Å²) in [5.41, 5.74) is 0. The van der Waals surface area contributed by atoms with E-state index < -0.39 is 0 Å². The molecular weight excluding hydrogens is 226 g/mol. The quantitative estimate of drug-likeness (QED) is 0.770. The number of ether oxygens (including phenoxy) is 1. The van der Waals surface area contributed by atoms with Crippen LogP contribution in [-0.2, 0) is 9.53 Å². The molecule has 1 aliphatic heterocycles. The van der Waals surface area contributed by atoms with Crippen LogP contribution in [0, 0.1) is 17.8 Å². The fraction of sp³-hybridized carbons (Fsp3) is 0.933. The second kappa shape index (κ2) is 6.67. The molecule has 2 aliphatic rings. The van der Waals surface area contributed by atoms with Crippen LogP contribution < -0.4 is 0 Å². The van der Waals surface area contributed by atoms with Gasteiger partial charge in [-0.2, -0.15) is 0 Å². The average molecular weight is 253 g/mol. The number of hydrogen-bond acceptors (Lipinski definition) is 3. The average Bonchev–Trinajstić information content (AvgIpc) is 2.35. The number of Topliss-reactive ketones (excluding diaryl/α,β-unsaturated/α-hetero) is 1. The minimum absolute atomic E-state index is 0.281. The Morgan fingerprint density at radius 3 is 2.89 bits per heavy atom. The highest BCUT2D eigenvalue weighted by atomic mass is 16.5. The third-order valence-corrected chi connectivity index (χ3v) is 4.38. The maximum absolute atomic E-state index is 11.9. The normalized spacial score (nSPS) is 33.9. The van der Waals surface area contributed by atoms with Gasteiger partial charge in [-0.05, 0) is 44.6 Å². The van der Waals surface area contributed by atoms with Crippen LogP contribution in [-0.4, -0.2) is 44.0 Å². The van der Waals surface area contributed by atoms with Gasteiger partial charge >= 0.3 is 0 Å². The summed E-state index contributed by atoms with van der Waals surface area (Å²) in [6.07, 6.45) is 5.45. The zero-order valence-electron chi connectivity index (χ0n) is 11.9. The highest BCUT2D eigenvalue weighted by molar-refractivity contribution is 5.81. The highest BCUT2D eigenvalue weighted by Crippen LogP contribution is 2.26. The van der Waals surface area contributed by atoms with Crippen molar-refractivity contribution in [3.8, 4) is 0 Å². The van der Waals surface area contributed by atoms with Gasteiger partial charge in [-0.15, -0.1) is 0 Å². The van der Waals surface area contributed by atoms with Gasteiger partial charge in [0, 0.05) is 32.0 Å². The Hall–Kier alpha value is -0.410. The van der Waals surface area contributed by atoms with Crippen LogP contribution in [0.4, 0.5) is 0 Å². The Morgan fingerprint density at radius 1 is 1.33 bits per heavy atom. The van der Waals surface area contributed by atoms with Gasteiger partial charge in [0.05, 0.1) is 6.61 Å². The second-order valence-electron chi connectivity index (χ2n) is 6.35. The van der Waals surface area contributed by atoms with Crippen molar-refractivity contribution < 1.29 is 9.53 Å². The molecule has 3 nitrogen and oxygen atoms in total. The predicted octanol–water partition coefficient (Wildman–Crippen LogP) is 2.35. The zero-order chi connectivity index (χ0) is 13.0. The fourth-order valence-corrected chi connectivity index (χ4v) is 3.35. The van der Waals surface area contributed by atoms with E-state index in [-0.39, 0.29) is 5.92 Å². The molecule has 0 radical (unpaired) electrons. The van der Waals surface area contributed by atoms with Gasteiger partial charge in [-0.25, -0.2) is 0 Å². The molecule has 1 aliphatic carbocycles. The summed E-state index contributed by atoms with van der Waals surface area (Å²) in [6.45, 7) is 6.13. The molecular formula is C15H27NO2. The molecule has 0 bridgehead atoms. The number of rotatable bonds is 4. The van der Waals surface area contributed by atoms with Crippen LogP contribution in [0.15, 0.2) is 0 Å². The molecule has 0 aromatic heterocycles. The standard InChI is InChI=1S/C15H27NO2/c1-12-5-6-15(17)14(8-12)10-16(2)9-13-4-3-7-18-11-13/h12-14H,3-11H2,1-2H3. The summed E-state index contributed by atoms with van der Waals surface area (Å²) in [5, 5.41) is 0. The van der Waals surface area contributed by atoms with Crippen LogP contribution >= 0.6 is 0 Å². The van der Waals surface area contributed by atoms with E-state index in [1.54, 1.807) is 0 Å². The van der Waals surface area contributed by atoms with E-state index in [0.29, 0.717) is 11.7 Å². The SMILES string of the molecule is CC1CCC(=O)C(CN(C)CC2CCCOC2)C1. The van der Waals surface area contributed by atoms with Crippen molar-refractivity contribution in [1.82, 2.24) is 4.90 Å². The molecule has 0 aromatic carbocycles. The summed E-state index contributed by atoms with van der Waals surface area (Å²) in [5.74, 6) is 2.15. The number of ketones is 1. The molecule has 18 heavy (non-hydrogen) atoms. The van der Waals surface area contributed by atoms with Crippen LogP contribution in [0.3, 0.4) is 0 Å². The number of carbonyl (C=O) groups is 1. The van der Waals surface area contributed by atoms with E-state index in [9.17, 15) is 4.79 Å². The monoisotopic (exact) mass is 253 g/mol. The molecule has 1 heterocycles. The van der Waals surface area contributed by atoms with Crippen LogP contribution in [0.5, 0.6) is 0 Å². The van der Waals surface area contributed by atoms with Crippen molar-refractivity contribution in [2.45, 2.75) is 39.0 Å². The highest BCUT2D eigenvalue weighted by Gasteiger charge is 2.28. The Morgan fingerprint density at radius 2 is 2.17 bits per heavy atom. The maximum Gasteiger partial charge on any atom is 0.137 e. The molecule has 1 saturated heterocycles. The Labute approximate surface area is 111 Å². The molecule has 1 saturated carbocycles. The number of carbonyl (C=O) groups excluding carboxylic acids is 1. The van der Waals surface area contributed by atoms with Gasteiger partial charge in [-0.1, -0.05) is 6.92 Å². The third-order valence-electron chi connectivity index (χ3n) is 4.38. The fourth-order valence-electron chi connectivity index (χ4n) is 3.35. The first-order valence-corrected chi connectivity index (χ1v) is 7.44. The Balaban J connectivity index is 1.75. The third kappa shape index (κ3) is 4.06. The van der Waals surface area contributed by atoms with Crippen molar-refractivity contribution in [2.75, 3.05) is 33.4 Å². The minimum atomic E-state index is 0.281. The largest absolute Gasteiger partial charge is 0.381 e. The van der Waals surface area contributed by atoms with E-state index in [0.717, 1.165) is 51.5 Å². The number of hydrogen-bond donors (Lipinski definition) is 0. The molecule has 2 fully saturated rings. The molecule has 0 aromatic rings. The summed E-state index contributed by atoms with van der Waals surface area (Å²) in [4.78, 5) is 14.3. The predicted molar refractivity (Wildman–Crippen MR) is 72.6 cm³/mol. The van der Waals surface area contributed by atoms with Crippen LogP contribution in [0.1, 0.15) is 39.0 Å². The van der Waals surface area contributed by atoms with Gasteiger partial charge in [0.2, 0.25) is 0 Å².